The number of nitrogens with zero attached hydrogens (tertiary/aromatic N) is 1. The van der Waals surface area contributed by atoms with Crippen molar-refractivity contribution < 1.29 is 22.7 Å². The second kappa shape index (κ2) is 8.49. The molecule has 0 spiro atoms. The van der Waals surface area contributed by atoms with Crippen molar-refractivity contribution in [3.63, 3.8) is 0 Å². The van der Waals surface area contributed by atoms with Gasteiger partial charge in [0.15, 0.2) is 0 Å². The molecule has 3 rings (SSSR count). The molecule has 3 aromatic rings. The lowest BCUT2D eigenvalue weighted by atomic mass is 9.86. The van der Waals surface area contributed by atoms with Crippen LogP contribution in [0.15, 0.2) is 53.6 Å². The van der Waals surface area contributed by atoms with Crippen LogP contribution in [0.4, 0.5) is 18.9 Å². The number of ether oxygens (including phenoxy) is 1. The van der Waals surface area contributed by atoms with Gasteiger partial charge in [0.2, 0.25) is 0 Å². The smallest absolute Gasteiger partial charge is 0.433 e. The number of aromatic nitrogens is 2. The van der Waals surface area contributed by atoms with Crippen molar-refractivity contribution in [3.8, 4) is 11.5 Å². The van der Waals surface area contributed by atoms with E-state index in [4.69, 9.17) is 4.74 Å². The number of rotatable bonds is 4. The number of amides is 1. The van der Waals surface area contributed by atoms with Crippen LogP contribution in [0.1, 0.15) is 48.0 Å². The van der Waals surface area contributed by atoms with E-state index in [1.54, 1.807) is 25.1 Å². The highest BCUT2D eigenvalue weighted by molar-refractivity contribution is 6.06. The Balaban J connectivity index is 1.96. The van der Waals surface area contributed by atoms with Crippen molar-refractivity contribution in [3.05, 3.63) is 81.5 Å². The number of nitrogens with one attached hydrogen (secondary N) is 2. The van der Waals surface area contributed by atoms with Crippen LogP contribution in [-0.4, -0.2) is 15.9 Å². The third-order valence-corrected chi connectivity index (χ3v) is 4.69. The number of aromatic amines is 1. The van der Waals surface area contributed by atoms with Gasteiger partial charge >= 0.3 is 6.18 Å². The quantitative estimate of drug-likeness (QED) is 0.560. The number of hydrogen-bond donors (Lipinski definition) is 2. The number of anilines is 1. The summed E-state index contributed by atoms with van der Waals surface area (Å²) in [6, 6.07) is 8.52. The maximum Gasteiger partial charge on any atom is 0.433 e. The normalized spacial score (nSPS) is 11.8. The topological polar surface area (TPSA) is 84.1 Å². The Morgan fingerprint density at radius 2 is 1.81 bits per heavy atom. The first kappa shape index (κ1) is 23.1. The highest BCUT2D eigenvalue weighted by Gasteiger charge is 2.32. The maximum absolute atomic E-state index is 12.9. The Morgan fingerprint density at radius 3 is 2.38 bits per heavy atom. The summed E-state index contributed by atoms with van der Waals surface area (Å²) in [4.78, 5) is 30.4. The summed E-state index contributed by atoms with van der Waals surface area (Å²) in [5.41, 5.74) is 0.274. The molecular weight excluding hydrogens is 423 g/mol. The summed E-state index contributed by atoms with van der Waals surface area (Å²) in [6.07, 6.45) is -2.23. The molecule has 0 radical (unpaired) electrons. The maximum atomic E-state index is 12.9. The van der Waals surface area contributed by atoms with Crippen molar-refractivity contribution in [2.24, 2.45) is 0 Å². The van der Waals surface area contributed by atoms with Crippen LogP contribution in [0.2, 0.25) is 0 Å². The summed E-state index contributed by atoms with van der Waals surface area (Å²) >= 11 is 0. The number of alkyl halides is 3. The molecule has 32 heavy (non-hydrogen) atoms. The van der Waals surface area contributed by atoms with Crippen LogP contribution in [0.5, 0.6) is 11.5 Å². The third-order valence-electron chi connectivity index (χ3n) is 4.69. The molecule has 9 heteroatoms. The van der Waals surface area contributed by atoms with Gasteiger partial charge in [0.05, 0.1) is 17.4 Å². The van der Waals surface area contributed by atoms with Crippen LogP contribution in [0.25, 0.3) is 0 Å². The van der Waals surface area contributed by atoms with Crippen molar-refractivity contribution in [1.29, 1.82) is 0 Å². The van der Waals surface area contributed by atoms with Gasteiger partial charge in [-0.2, -0.15) is 13.2 Å². The fraction of sp³-hybridized carbons (Fsp3) is 0.261. The highest BCUT2D eigenvalue weighted by Crippen LogP contribution is 2.33. The summed E-state index contributed by atoms with van der Waals surface area (Å²) < 4.78 is 44.1. The van der Waals surface area contributed by atoms with Gasteiger partial charge < -0.3 is 15.0 Å². The number of H-pyrrole nitrogens is 1. The molecule has 6 nitrogen and oxygen atoms in total. The van der Waals surface area contributed by atoms with Crippen molar-refractivity contribution in [2.45, 2.75) is 39.3 Å². The van der Waals surface area contributed by atoms with Gasteiger partial charge in [-0.15, -0.1) is 0 Å². The van der Waals surface area contributed by atoms with E-state index in [0.717, 1.165) is 23.9 Å². The lowest BCUT2D eigenvalue weighted by Crippen LogP contribution is -2.17. The van der Waals surface area contributed by atoms with Gasteiger partial charge in [-0.05, 0) is 48.2 Å². The van der Waals surface area contributed by atoms with E-state index in [0.29, 0.717) is 11.3 Å². The molecule has 0 unspecified atom stereocenters. The van der Waals surface area contributed by atoms with Gasteiger partial charge in [0.25, 0.3) is 11.5 Å². The Kier molecular flexibility index (Phi) is 6.11. The first-order valence-electron chi connectivity index (χ1n) is 9.71. The van der Waals surface area contributed by atoms with E-state index in [2.05, 4.69) is 15.3 Å². The van der Waals surface area contributed by atoms with Gasteiger partial charge in [0, 0.05) is 11.8 Å². The van der Waals surface area contributed by atoms with E-state index in [1.165, 1.54) is 12.3 Å². The number of aryl methyl sites for hydroxylation is 1. The van der Waals surface area contributed by atoms with E-state index >= 15 is 0 Å². The minimum Gasteiger partial charge on any atom is -0.455 e. The van der Waals surface area contributed by atoms with E-state index in [1.807, 2.05) is 20.8 Å². The zero-order chi connectivity index (χ0) is 23.7. The zero-order valence-corrected chi connectivity index (χ0v) is 17.9. The molecule has 0 aliphatic rings. The number of halogens is 3. The van der Waals surface area contributed by atoms with Crippen LogP contribution in [-0.2, 0) is 11.6 Å². The summed E-state index contributed by atoms with van der Waals surface area (Å²) in [7, 11) is 0. The van der Waals surface area contributed by atoms with E-state index < -0.39 is 17.8 Å². The number of carbonyl (C=O) groups excluding carboxylic acids is 1. The van der Waals surface area contributed by atoms with Crippen molar-refractivity contribution >= 4 is 11.6 Å². The molecule has 0 aliphatic heterocycles. The largest absolute Gasteiger partial charge is 0.455 e. The predicted octanol–water partition coefficient (Wildman–Crippen LogP) is 5.44. The first-order valence-corrected chi connectivity index (χ1v) is 9.71. The molecular formula is C23H22F3N3O3. The molecule has 2 heterocycles. The molecule has 1 aromatic carbocycles. The Morgan fingerprint density at radius 1 is 1.09 bits per heavy atom. The first-order chi connectivity index (χ1) is 14.8. The monoisotopic (exact) mass is 445 g/mol. The predicted molar refractivity (Wildman–Crippen MR) is 114 cm³/mol. The Hall–Kier alpha value is -3.62. The van der Waals surface area contributed by atoms with Gasteiger partial charge in [-0.3, -0.25) is 9.59 Å². The summed E-state index contributed by atoms with van der Waals surface area (Å²) in [5.74, 6) is -0.289. The fourth-order valence-corrected chi connectivity index (χ4v) is 2.86. The molecule has 2 N–H and O–H groups in total. The average molecular weight is 445 g/mol. The minimum absolute atomic E-state index is 0.0537. The van der Waals surface area contributed by atoms with Crippen LogP contribution in [0.3, 0.4) is 0 Å². The van der Waals surface area contributed by atoms with Crippen LogP contribution < -0.4 is 15.6 Å². The van der Waals surface area contributed by atoms with Gasteiger partial charge in [-0.25, -0.2) is 4.98 Å². The van der Waals surface area contributed by atoms with E-state index in [-0.39, 0.29) is 28.0 Å². The molecule has 0 fully saturated rings. The van der Waals surface area contributed by atoms with Gasteiger partial charge in [-0.1, -0.05) is 26.8 Å². The van der Waals surface area contributed by atoms with Crippen LogP contribution in [0, 0.1) is 6.92 Å². The minimum atomic E-state index is -4.56. The lowest BCUT2D eigenvalue weighted by Gasteiger charge is -2.21. The second-order valence-electron chi connectivity index (χ2n) is 8.29. The summed E-state index contributed by atoms with van der Waals surface area (Å²) in [6.45, 7) is 7.55. The SMILES string of the molecule is Cc1cc(NC(=O)c2ccc(C(C)(C)C)cc2Oc2ccc(C(F)(F)F)nc2)c[nH]c1=O. The number of hydrogen-bond acceptors (Lipinski definition) is 4. The molecule has 0 aliphatic carbocycles. The van der Waals surface area contributed by atoms with Crippen molar-refractivity contribution in [1.82, 2.24) is 9.97 Å². The Labute approximate surface area is 182 Å². The lowest BCUT2D eigenvalue weighted by molar-refractivity contribution is -0.141. The molecule has 0 bridgehead atoms. The fourth-order valence-electron chi connectivity index (χ4n) is 2.86. The summed E-state index contributed by atoms with van der Waals surface area (Å²) in [5, 5.41) is 2.69. The molecule has 168 valence electrons. The van der Waals surface area contributed by atoms with Gasteiger partial charge in [0.1, 0.15) is 17.2 Å². The molecule has 0 saturated carbocycles. The van der Waals surface area contributed by atoms with E-state index in [9.17, 15) is 22.8 Å². The molecule has 0 atom stereocenters. The molecule has 1 amide bonds. The second-order valence-corrected chi connectivity index (χ2v) is 8.29. The molecule has 0 saturated heterocycles. The standard InChI is InChI=1S/C23H22F3N3O3/c1-13-9-15(11-28-20(13)30)29-21(31)17-7-5-14(22(2,3)4)10-18(17)32-16-6-8-19(27-12-16)23(24,25)26/h5-12H,1-4H3,(H,28,30)(H,29,31). The molecule has 2 aromatic heterocycles. The number of carbonyl (C=O) groups is 1. The van der Waals surface area contributed by atoms with Crippen LogP contribution >= 0.6 is 0 Å². The Bertz CT molecular complexity index is 1190. The number of benzene rings is 1. The zero-order valence-electron chi connectivity index (χ0n) is 17.9. The highest BCUT2D eigenvalue weighted by atomic mass is 19.4. The average Bonchev–Trinajstić information content (AvgIpc) is 2.70. The van der Waals surface area contributed by atoms with Crippen molar-refractivity contribution in [2.75, 3.05) is 5.32 Å². The third kappa shape index (κ3) is 5.35. The number of pyridine rings is 2.